The van der Waals surface area contributed by atoms with E-state index < -0.39 is 0 Å². The van der Waals surface area contributed by atoms with Gasteiger partial charge >= 0.3 is 0 Å². The van der Waals surface area contributed by atoms with Crippen LogP contribution >= 0.6 is 11.6 Å². The number of hydrogen-bond acceptors (Lipinski definition) is 2. The van der Waals surface area contributed by atoms with Crippen LogP contribution in [0.25, 0.3) is 0 Å². The normalized spacial score (nSPS) is 11.6. The fourth-order valence-corrected chi connectivity index (χ4v) is 1.74. The average Bonchev–Trinajstić information content (AvgIpc) is 2.17. The van der Waals surface area contributed by atoms with Gasteiger partial charge in [-0.25, -0.2) is 0 Å². The molecule has 0 aliphatic rings. The van der Waals surface area contributed by atoms with Crippen LogP contribution in [0.1, 0.15) is 32.3 Å². The Hall–Kier alpha value is -0.730. The molecule has 0 fully saturated rings. The van der Waals surface area contributed by atoms with Gasteiger partial charge in [-0.3, -0.25) is 0 Å². The Morgan fingerprint density at radius 3 is 2.69 bits per heavy atom. The summed E-state index contributed by atoms with van der Waals surface area (Å²) < 4.78 is 0. The summed E-state index contributed by atoms with van der Waals surface area (Å²) in [4.78, 5) is 0. The van der Waals surface area contributed by atoms with Gasteiger partial charge in [-0.1, -0.05) is 17.7 Å². The molecule has 3 heteroatoms. The Bertz CT molecular complexity index is 342. The van der Waals surface area contributed by atoms with Crippen molar-refractivity contribution in [3.8, 4) is 0 Å². The summed E-state index contributed by atoms with van der Waals surface area (Å²) >= 11 is 6.04. The van der Waals surface area contributed by atoms with Crippen LogP contribution < -0.4 is 11.1 Å². The number of nitrogens with two attached hydrogens (primary N) is 1. The van der Waals surface area contributed by atoms with Crippen molar-refractivity contribution in [2.75, 3.05) is 11.9 Å². The fourth-order valence-electron chi connectivity index (χ4n) is 1.57. The predicted molar refractivity (Wildman–Crippen MR) is 72.2 cm³/mol. The SMILES string of the molecule is Cc1c(Cl)cccc1NCCCC(C)(C)N. The molecule has 3 N–H and O–H groups in total. The lowest BCUT2D eigenvalue weighted by Gasteiger charge is -2.18. The van der Waals surface area contributed by atoms with E-state index >= 15 is 0 Å². The first-order valence-electron chi connectivity index (χ1n) is 5.68. The highest BCUT2D eigenvalue weighted by atomic mass is 35.5. The average molecular weight is 241 g/mol. The second-order valence-electron chi connectivity index (χ2n) is 4.93. The topological polar surface area (TPSA) is 38.0 Å². The molecule has 0 amide bonds. The van der Waals surface area contributed by atoms with E-state index in [2.05, 4.69) is 25.2 Å². The van der Waals surface area contributed by atoms with Crippen LogP contribution in [0, 0.1) is 6.92 Å². The smallest absolute Gasteiger partial charge is 0.0455 e. The van der Waals surface area contributed by atoms with Gasteiger partial charge < -0.3 is 11.1 Å². The Morgan fingerprint density at radius 2 is 2.06 bits per heavy atom. The molecule has 0 aliphatic heterocycles. The van der Waals surface area contributed by atoms with Crippen LogP contribution in [0.2, 0.25) is 5.02 Å². The molecule has 0 aliphatic carbocycles. The van der Waals surface area contributed by atoms with Gasteiger partial charge in [-0.2, -0.15) is 0 Å². The summed E-state index contributed by atoms with van der Waals surface area (Å²) in [5.41, 5.74) is 8.06. The number of hydrogen-bond donors (Lipinski definition) is 2. The lowest BCUT2D eigenvalue weighted by Crippen LogP contribution is -2.32. The molecule has 16 heavy (non-hydrogen) atoms. The monoisotopic (exact) mass is 240 g/mol. The number of halogens is 1. The van der Waals surface area contributed by atoms with E-state index in [1.807, 2.05) is 19.1 Å². The Morgan fingerprint density at radius 1 is 1.38 bits per heavy atom. The summed E-state index contributed by atoms with van der Waals surface area (Å²) in [5, 5.41) is 4.20. The quantitative estimate of drug-likeness (QED) is 0.773. The van der Waals surface area contributed by atoms with Gasteiger partial charge in [0, 0.05) is 22.8 Å². The highest BCUT2D eigenvalue weighted by Crippen LogP contribution is 2.22. The molecule has 1 rings (SSSR count). The summed E-state index contributed by atoms with van der Waals surface area (Å²) in [6, 6.07) is 5.92. The number of anilines is 1. The Balaban J connectivity index is 2.41. The van der Waals surface area contributed by atoms with Crippen molar-refractivity contribution in [3.05, 3.63) is 28.8 Å². The second-order valence-corrected chi connectivity index (χ2v) is 5.34. The van der Waals surface area contributed by atoms with E-state index in [0.717, 1.165) is 35.7 Å². The highest BCUT2D eigenvalue weighted by molar-refractivity contribution is 6.31. The minimum atomic E-state index is -0.0783. The molecule has 0 atom stereocenters. The van der Waals surface area contributed by atoms with E-state index in [4.69, 9.17) is 17.3 Å². The maximum absolute atomic E-state index is 6.04. The Kier molecular flexibility index (Phi) is 4.63. The second kappa shape index (κ2) is 5.55. The third kappa shape index (κ3) is 4.42. The van der Waals surface area contributed by atoms with Crippen molar-refractivity contribution < 1.29 is 0 Å². The predicted octanol–water partition coefficient (Wildman–Crippen LogP) is 3.58. The first-order chi connectivity index (χ1) is 7.40. The largest absolute Gasteiger partial charge is 0.385 e. The van der Waals surface area contributed by atoms with E-state index in [9.17, 15) is 0 Å². The third-order valence-electron chi connectivity index (χ3n) is 2.58. The molecular formula is C13H21ClN2. The van der Waals surface area contributed by atoms with Crippen molar-refractivity contribution >= 4 is 17.3 Å². The van der Waals surface area contributed by atoms with Gasteiger partial charge in [0.15, 0.2) is 0 Å². The van der Waals surface area contributed by atoms with Crippen LogP contribution in [0.5, 0.6) is 0 Å². The minimum Gasteiger partial charge on any atom is -0.385 e. The van der Waals surface area contributed by atoms with Crippen molar-refractivity contribution in [3.63, 3.8) is 0 Å². The molecule has 2 nitrogen and oxygen atoms in total. The highest BCUT2D eigenvalue weighted by Gasteiger charge is 2.09. The zero-order chi connectivity index (χ0) is 12.2. The molecule has 0 radical (unpaired) electrons. The van der Waals surface area contributed by atoms with E-state index in [-0.39, 0.29) is 5.54 Å². The van der Waals surface area contributed by atoms with Crippen LogP contribution in [-0.4, -0.2) is 12.1 Å². The van der Waals surface area contributed by atoms with Crippen LogP contribution in [0.3, 0.4) is 0 Å². The van der Waals surface area contributed by atoms with Crippen molar-refractivity contribution in [2.45, 2.75) is 39.2 Å². The molecule has 0 heterocycles. The molecule has 0 saturated carbocycles. The summed E-state index contributed by atoms with van der Waals surface area (Å²) in [6.45, 7) is 7.06. The van der Waals surface area contributed by atoms with Gasteiger partial charge in [0.2, 0.25) is 0 Å². The molecule has 1 aromatic rings. The van der Waals surface area contributed by atoms with Crippen molar-refractivity contribution in [1.29, 1.82) is 0 Å². The molecule has 0 spiro atoms. The van der Waals surface area contributed by atoms with Gasteiger partial charge in [-0.15, -0.1) is 0 Å². The summed E-state index contributed by atoms with van der Waals surface area (Å²) in [6.07, 6.45) is 2.08. The minimum absolute atomic E-state index is 0.0783. The number of rotatable bonds is 5. The molecule has 1 aromatic carbocycles. The molecule has 0 aromatic heterocycles. The van der Waals surface area contributed by atoms with Crippen LogP contribution in [0.4, 0.5) is 5.69 Å². The van der Waals surface area contributed by atoms with E-state index in [1.165, 1.54) is 0 Å². The van der Waals surface area contributed by atoms with Gasteiger partial charge in [0.05, 0.1) is 0 Å². The zero-order valence-electron chi connectivity index (χ0n) is 10.3. The molecule has 0 bridgehead atoms. The maximum atomic E-state index is 6.04. The molecule has 90 valence electrons. The first kappa shape index (κ1) is 13.3. The van der Waals surface area contributed by atoms with Crippen molar-refractivity contribution in [1.82, 2.24) is 0 Å². The zero-order valence-corrected chi connectivity index (χ0v) is 11.1. The maximum Gasteiger partial charge on any atom is 0.0455 e. The lowest BCUT2D eigenvalue weighted by molar-refractivity contribution is 0.465. The standard InChI is InChI=1S/C13H21ClN2/c1-10-11(14)6-4-7-12(10)16-9-5-8-13(2,3)15/h4,6-7,16H,5,8-9,15H2,1-3H3. The fraction of sp³-hybridized carbons (Fsp3) is 0.538. The summed E-state index contributed by atoms with van der Waals surface area (Å²) in [5.74, 6) is 0. The summed E-state index contributed by atoms with van der Waals surface area (Å²) in [7, 11) is 0. The van der Waals surface area contributed by atoms with Gasteiger partial charge in [0.1, 0.15) is 0 Å². The van der Waals surface area contributed by atoms with Crippen LogP contribution in [0.15, 0.2) is 18.2 Å². The van der Waals surface area contributed by atoms with Gasteiger partial charge in [-0.05, 0) is 51.3 Å². The number of nitrogens with one attached hydrogen (secondary N) is 1. The van der Waals surface area contributed by atoms with E-state index in [0.29, 0.717) is 0 Å². The number of benzene rings is 1. The molecule has 0 unspecified atom stereocenters. The van der Waals surface area contributed by atoms with Crippen LogP contribution in [-0.2, 0) is 0 Å². The molecular weight excluding hydrogens is 220 g/mol. The third-order valence-corrected chi connectivity index (χ3v) is 2.99. The van der Waals surface area contributed by atoms with Gasteiger partial charge in [0.25, 0.3) is 0 Å². The van der Waals surface area contributed by atoms with Crippen molar-refractivity contribution in [2.24, 2.45) is 5.73 Å². The van der Waals surface area contributed by atoms with E-state index in [1.54, 1.807) is 0 Å². The molecule has 0 saturated heterocycles. The first-order valence-corrected chi connectivity index (χ1v) is 6.06. The lowest BCUT2D eigenvalue weighted by atomic mass is 10.0. The Labute approximate surface area is 103 Å².